The average molecular weight is 295 g/mol. The number of pyridine rings is 1. The van der Waals surface area contributed by atoms with E-state index in [1.807, 2.05) is 13.0 Å². The SMILES string of the molecule is Cc1cc(N)c2c(Br)cnc(NCCN)c2c1. The van der Waals surface area contributed by atoms with E-state index in [1.165, 1.54) is 0 Å². The molecule has 17 heavy (non-hydrogen) atoms. The van der Waals surface area contributed by atoms with E-state index in [9.17, 15) is 0 Å². The van der Waals surface area contributed by atoms with E-state index < -0.39 is 0 Å². The molecule has 0 unspecified atom stereocenters. The highest BCUT2D eigenvalue weighted by atomic mass is 79.9. The Morgan fingerprint density at radius 2 is 2.18 bits per heavy atom. The molecule has 0 atom stereocenters. The van der Waals surface area contributed by atoms with Crippen molar-refractivity contribution in [2.24, 2.45) is 5.73 Å². The van der Waals surface area contributed by atoms with Crippen LogP contribution in [0.3, 0.4) is 0 Å². The third-order valence-electron chi connectivity index (χ3n) is 2.55. The fourth-order valence-electron chi connectivity index (χ4n) is 1.85. The fourth-order valence-corrected chi connectivity index (χ4v) is 2.40. The fraction of sp³-hybridized carbons (Fsp3) is 0.250. The number of anilines is 2. The highest BCUT2D eigenvalue weighted by Crippen LogP contribution is 2.33. The second kappa shape index (κ2) is 4.89. The molecule has 0 spiro atoms. The number of aryl methyl sites for hydroxylation is 1. The number of nitrogens with one attached hydrogen (secondary N) is 1. The second-order valence-corrected chi connectivity index (χ2v) is 4.80. The van der Waals surface area contributed by atoms with Gasteiger partial charge in [0.15, 0.2) is 0 Å². The van der Waals surface area contributed by atoms with E-state index in [4.69, 9.17) is 11.5 Å². The Morgan fingerprint density at radius 1 is 1.41 bits per heavy atom. The number of hydrogen-bond donors (Lipinski definition) is 3. The number of hydrogen-bond acceptors (Lipinski definition) is 4. The first kappa shape index (κ1) is 12.1. The Bertz CT molecular complexity index is 554. The smallest absolute Gasteiger partial charge is 0.134 e. The first-order chi connectivity index (χ1) is 8.13. The quantitative estimate of drug-likeness (QED) is 0.759. The molecule has 0 aliphatic rings. The summed E-state index contributed by atoms with van der Waals surface area (Å²) in [4.78, 5) is 4.36. The molecule has 0 aliphatic carbocycles. The summed E-state index contributed by atoms with van der Waals surface area (Å²) >= 11 is 3.48. The van der Waals surface area contributed by atoms with Crippen LogP contribution in [-0.4, -0.2) is 18.1 Å². The van der Waals surface area contributed by atoms with Gasteiger partial charge in [0, 0.05) is 40.2 Å². The minimum atomic E-state index is 0.570. The van der Waals surface area contributed by atoms with Gasteiger partial charge in [0.1, 0.15) is 5.82 Å². The Kier molecular flexibility index (Phi) is 3.49. The van der Waals surface area contributed by atoms with Crippen molar-refractivity contribution in [3.05, 3.63) is 28.4 Å². The van der Waals surface area contributed by atoms with Gasteiger partial charge in [0.05, 0.1) is 0 Å². The van der Waals surface area contributed by atoms with Crippen LogP contribution in [0.25, 0.3) is 10.8 Å². The molecule has 0 fully saturated rings. The van der Waals surface area contributed by atoms with Gasteiger partial charge in [-0.25, -0.2) is 4.98 Å². The summed E-state index contributed by atoms with van der Waals surface area (Å²) in [7, 11) is 0. The molecule has 4 nitrogen and oxygen atoms in total. The van der Waals surface area contributed by atoms with Crippen molar-refractivity contribution in [2.75, 3.05) is 24.1 Å². The second-order valence-electron chi connectivity index (χ2n) is 3.95. The maximum Gasteiger partial charge on any atom is 0.134 e. The Morgan fingerprint density at radius 3 is 2.88 bits per heavy atom. The topological polar surface area (TPSA) is 77.0 Å². The standard InChI is InChI=1S/C12H15BrN4/c1-7-4-8-11(10(15)5-7)9(13)6-17-12(8)16-3-2-14/h4-6H,2-3,14-15H2,1H3,(H,16,17). The molecular weight excluding hydrogens is 280 g/mol. The lowest BCUT2D eigenvalue weighted by Gasteiger charge is -2.11. The number of fused-ring (bicyclic) bond motifs is 1. The number of rotatable bonds is 3. The molecule has 1 aromatic carbocycles. The molecule has 2 rings (SSSR count). The zero-order valence-corrected chi connectivity index (χ0v) is 11.2. The Hall–Kier alpha value is -1.33. The summed E-state index contributed by atoms with van der Waals surface area (Å²) in [6.07, 6.45) is 1.76. The molecule has 5 heteroatoms. The summed E-state index contributed by atoms with van der Waals surface area (Å²) in [5.41, 5.74) is 13.4. The van der Waals surface area contributed by atoms with E-state index in [1.54, 1.807) is 6.20 Å². The number of nitrogen functional groups attached to an aromatic ring is 1. The van der Waals surface area contributed by atoms with E-state index in [0.29, 0.717) is 13.1 Å². The largest absolute Gasteiger partial charge is 0.398 e. The van der Waals surface area contributed by atoms with Gasteiger partial charge in [0.2, 0.25) is 0 Å². The molecule has 2 aromatic rings. The summed E-state index contributed by atoms with van der Waals surface area (Å²) in [5, 5.41) is 5.22. The lowest BCUT2D eigenvalue weighted by molar-refractivity contribution is 1.01. The van der Waals surface area contributed by atoms with Crippen molar-refractivity contribution in [1.82, 2.24) is 4.98 Å². The lowest BCUT2D eigenvalue weighted by atomic mass is 10.1. The molecule has 0 radical (unpaired) electrons. The molecule has 90 valence electrons. The summed E-state index contributed by atoms with van der Waals surface area (Å²) < 4.78 is 0.906. The summed E-state index contributed by atoms with van der Waals surface area (Å²) in [6, 6.07) is 4.03. The first-order valence-corrected chi connectivity index (χ1v) is 6.21. The van der Waals surface area contributed by atoms with Gasteiger partial charge >= 0.3 is 0 Å². The lowest BCUT2D eigenvalue weighted by Crippen LogP contribution is -2.14. The van der Waals surface area contributed by atoms with Crippen LogP contribution in [0.1, 0.15) is 5.56 Å². The van der Waals surface area contributed by atoms with E-state index in [0.717, 1.165) is 32.3 Å². The zero-order chi connectivity index (χ0) is 12.4. The predicted octanol–water partition coefficient (Wildman–Crippen LogP) is 2.26. The van der Waals surface area contributed by atoms with Gasteiger partial charge in [-0.2, -0.15) is 0 Å². The van der Waals surface area contributed by atoms with Crippen LogP contribution < -0.4 is 16.8 Å². The van der Waals surface area contributed by atoms with Gasteiger partial charge in [-0.1, -0.05) is 0 Å². The highest BCUT2D eigenvalue weighted by molar-refractivity contribution is 9.10. The number of aromatic nitrogens is 1. The van der Waals surface area contributed by atoms with Gasteiger partial charge in [-0.15, -0.1) is 0 Å². The highest BCUT2D eigenvalue weighted by Gasteiger charge is 2.09. The van der Waals surface area contributed by atoms with Crippen molar-refractivity contribution in [2.45, 2.75) is 6.92 Å². The van der Waals surface area contributed by atoms with Crippen LogP contribution in [0.2, 0.25) is 0 Å². The Labute approximate surface area is 109 Å². The normalized spacial score (nSPS) is 10.8. The van der Waals surface area contributed by atoms with E-state index in [-0.39, 0.29) is 0 Å². The molecule has 0 amide bonds. The average Bonchev–Trinajstić information content (AvgIpc) is 2.27. The molecule has 1 aromatic heterocycles. The molecule has 0 saturated carbocycles. The maximum atomic E-state index is 6.05. The minimum Gasteiger partial charge on any atom is -0.398 e. The summed E-state index contributed by atoms with van der Waals surface area (Å²) in [6.45, 7) is 3.28. The molecule has 0 aliphatic heterocycles. The molecular formula is C12H15BrN4. The van der Waals surface area contributed by atoms with Gasteiger partial charge in [-0.3, -0.25) is 0 Å². The molecule has 0 bridgehead atoms. The van der Waals surface area contributed by atoms with Crippen molar-refractivity contribution >= 4 is 38.2 Å². The molecule has 5 N–H and O–H groups in total. The van der Waals surface area contributed by atoms with Crippen molar-refractivity contribution in [1.29, 1.82) is 0 Å². The van der Waals surface area contributed by atoms with Crippen molar-refractivity contribution in [3.63, 3.8) is 0 Å². The third-order valence-corrected chi connectivity index (χ3v) is 3.15. The van der Waals surface area contributed by atoms with Gasteiger partial charge in [0.25, 0.3) is 0 Å². The summed E-state index contributed by atoms with van der Waals surface area (Å²) in [5.74, 6) is 0.823. The zero-order valence-electron chi connectivity index (χ0n) is 9.63. The van der Waals surface area contributed by atoms with Crippen molar-refractivity contribution < 1.29 is 0 Å². The van der Waals surface area contributed by atoms with Crippen LogP contribution in [-0.2, 0) is 0 Å². The van der Waals surface area contributed by atoms with Crippen molar-refractivity contribution in [3.8, 4) is 0 Å². The van der Waals surface area contributed by atoms with Crippen LogP contribution in [0.15, 0.2) is 22.8 Å². The van der Waals surface area contributed by atoms with Gasteiger partial charge in [-0.05, 0) is 40.5 Å². The molecule has 0 saturated heterocycles. The van der Waals surface area contributed by atoms with Crippen LogP contribution >= 0.6 is 15.9 Å². The third kappa shape index (κ3) is 2.35. The monoisotopic (exact) mass is 294 g/mol. The van der Waals surface area contributed by atoms with Gasteiger partial charge < -0.3 is 16.8 Å². The van der Waals surface area contributed by atoms with Crippen LogP contribution in [0, 0.1) is 6.92 Å². The minimum absolute atomic E-state index is 0.570. The first-order valence-electron chi connectivity index (χ1n) is 5.41. The van der Waals surface area contributed by atoms with Crippen LogP contribution in [0.4, 0.5) is 11.5 Å². The maximum absolute atomic E-state index is 6.05. The number of benzene rings is 1. The van der Waals surface area contributed by atoms with Crippen LogP contribution in [0.5, 0.6) is 0 Å². The number of halogens is 1. The molecule has 1 heterocycles. The van der Waals surface area contributed by atoms with E-state index in [2.05, 4.69) is 32.3 Å². The Balaban J connectivity index is 2.66. The predicted molar refractivity (Wildman–Crippen MR) is 76.1 cm³/mol. The van der Waals surface area contributed by atoms with E-state index >= 15 is 0 Å². The number of nitrogens with zero attached hydrogens (tertiary/aromatic N) is 1. The number of nitrogens with two attached hydrogens (primary N) is 2.